The van der Waals surface area contributed by atoms with E-state index in [-0.39, 0.29) is 18.5 Å². The average Bonchev–Trinajstić information content (AvgIpc) is 3.22. The van der Waals surface area contributed by atoms with Crippen LogP contribution >= 0.6 is 0 Å². The first-order valence-corrected chi connectivity index (χ1v) is 25.3. The number of unbranched alkanes of at least 4 members (excludes halogenated alkanes) is 31. The standard InChI is InChI=1S/C52H97NO5/c1-3-5-7-9-11-13-15-16-23-26-30-34-38-42-46-52(57)58-47-43-39-35-31-27-24-21-19-17-18-20-22-25-29-33-37-41-45-51(56)53-49(48-54)50(55)44-40-36-32-28-14-12-10-8-6-4-2/h9,11,15-16,40,44,49-50,54-55H,3-8,10,12-14,17-39,41-43,45-48H2,1-2H3,(H,53,56)/b11-9-,16-15-,44-40+. The Labute approximate surface area is 360 Å². The second-order valence-corrected chi connectivity index (χ2v) is 17.1. The van der Waals surface area contributed by atoms with Gasteiger partial charge in [0.05, 0.1) is 25.4 Å². The van der Waals surface area contributed by atoms with Gasteiger partial charge in [0.1, 0.15) is 0 Å². The molecule has 58 heavy (non-hydrogen) atoms. The second-order valence-electron chi connectivity index (χ2n) is 17.1. The maximum atomic E-state index is 12.4. The number of nitrogens with one attached hydrogen (secondary N) is 1. The highest BCUT2D eigenvalue weighted by molar-refractivity contribution is 5.76. The molecule has 1 amide bonds. The van der Waals surface area contributed by atoms with Crippen molar-refractivity contribution in [1.29, 1.82) is 0 Å². The Morgan fingerprint density at radius 1 is 0.483 bits per heavy atom. The topological polar surface area (TPSA) is 95.9 Å². The number of aliphatic hydroxyl groups excluding tert-OH is 2. The fraction of sp³-hybridized carbons (Fsp3) is 0.846. The molecule has 0 bridgehead atoms. The number of rotatable bonds is 46. The lowest BCUT2D eigenvalue weighted by molar-refractivity contribution is -0.143. The molecule has 0 aliphatic rings. The molecule has 0 radical (unpaired) electrons. The lowest BCUT2D eigenvalue weighted by Crippen LogP contribution is -2.45. The monoisotopic (exact) mass is 816 g/mol. The molecule has 3 N–H and O–H groups in total. The van der Waals surface area contributed by atoms with Crippen molar-refractivity contribution in [2.24, 2.45) is 0 Å². The van der Waals surface area contributed by atoms with Gasteiger partial charge in [-0.25, -0.2) is 0 Å². The molecular formula is C52H97NO5. The summed E-state index contributed by atoms with van der Waals surface area (Å²) in [6.45, 7) is 4.82. The van der Waals surface area contributed by atoms with Crippen LogP contribution in [-0.2, 0) is 14.3 Å². The number of esters is 1. The lowest BCUT2D eigenvalue weighted by atomic mass is 10.0. The minimum Gasteiger partial charge on any atom is -0.466 e. The van der Waals surface area contributed by atoms with Crippen LogP contribution in [0.25, 0.3) is 0 Å². The van der Waals surface area contributed by atoms with E-state index in [2.05, 4.69) is 43.5 Å². The molecule has 2 unspecified atom stereocenters. The number of aliphatic hydroxyl groups is 2. The zero-order valence-corrected chi connectivity index (χ0v) is 38.5. The molecule has 340 valence electrons. The van der Waals surface area contributed by atoms with Gasteiger partial charge in [-0.3, -0.25) is 9.59 Å². The summed E-state index contributed by atoms with van der Waals surface area (Å²) in [5.41, 5.74) is 0. The van der Waals surface area contributed by atoms with Crippen molar-refractivity contribution in [2.45, 2.75) is 270 Å². The van der Waals surface area contributed by atoms with Gasteiger partial charge < -0.3 is 20.3 Å². The van der Waals surface area contributed by atoms with Crippen molar-refractivity contribution in [1.82, 2.24) is 5.32 Å². The zero-order valence-electron chi connectivity index (χ0n) is 38.5. The second kappa shape index (κ2) is 47.8. The minimum atomic E-state index is -0.846. The first-order valence-electron chi connectivity index (χ1n) is 25.3. The van der Waals surface area contributed by atoms with Crippen LogP contribution in [0.5, 0.6) is 0 Å². The highest BCUT2D eigenvalue weighted by atomic mass is 16.5. The molecule has 0 fully saturated rings. The number of amides is 1. The molecule has 0 spiro atoms. The summed E-state index contributed by atoms with van der Waals surface area (Å²) in [5, 5.41) is 22.9. The van der Waals surface area contributed by atoms with Gasteiger partial charge in [0.2, 0.25) is 5.91 Å². The molecule has 0 aliphatic carbocycles. The number of allylic oxidation sites excluding steroid dienone is 5. The molecule has 0 saturated carbocycles. The fourth-order valence-corrected chi connectivity index (χ4v) is 7.47. The molecule has 0 aromatic rings. The van der Waals surface area contributed by atoms with Crippen molar-refractivity contribution >= 4 is 11.9 Å². The molecule has 6 heteroatoms. The third kappa shape index (κ3) is 43.7. The Morgan fingerprint density at radius 2 is 0.879 bits per heavy atom. The number of hydrogen-bond acceptors (Lipinski definition) is 5. The van der Waals surface area contributed by atoms with E-state index in [1.165, 1.54) is 180 Å². The van der Waals surface area contributed by atoms with Crippen molar-refractivity contribution in [2.75, 3.05) is 13.2 Å². The predicted molar refractivity (Wildman–Crippen MR) is 250 cm³/mol. The average molecular weight is 816 g/mol. The number of ether oxygens (including phenoxy) is 1. The molecule has 0 saturated heterocycles. The third-order valence-electron chi connectivity index (χ3n) is 11.4. The van der Waals surface area contributed by atoms with Gasteiger partial charge in [-0.2, -0.15) is 0 Å². The fourth-order valence-electron chi connectivity index (χ4n) is 7.47. The van der Waals surface area contributed by atoms with Gasteiger partial charge in [0.15, 0.2) is 0 Å². The molecule has 0 rings (SSSR count). The van der Waals surface area contributed by atoms with Crippen LogP contribution in [0.1, 0.15) is 258 Å². The van der Waals surface area contributed by atoms with Crippen LogP contribution in [0.2, 0.25) is 0 Å². The van der Waals surface area contributed by atoms with E-state index in [9.17, 15) is 19.8 Å². The first-order chi connectivity index (χ1) is 28.5. The van der Waals surface area contributed by atoms with E-state index in [1.54, 1.807) is 6.08 Å². The minimum absolute atomic E-state index is 0.0111. The Hall–Kier alpha value is -1.92. The van der Waals surface area contributed by atoms with Crippen molar-refractivity contribution in [3.05, 3.63) is 36.5 Å². The van der Waals surface area contributed by atoms with Crippen molar-refractivity contribution in [3.63, 3.8) is 0 Å². The quantitative estimate of drug-likeness (QED) is 0.0323. The van der Waals surface area contributed by atoms with Crippen LogP contribution in [0, 0.1) is 0 Å². The van der Waals surface area contributed by atoms with E-state index in [1.807, 2.05) is 6.08 Å². The molecular weight excluding hydrogens is 719 g/mol. The van der Waals surface area contributed by atoms with Crippen LogP contribution in [0.3, 0.4) is 0 Å². The lowest BCUT2D eigenvalue weighted by Gasteiger charge is -2.20. The van der Waals surface area contributed by atoms with Crippen LogP contribution in [0.15, 0.2) is 36.5 Å². The predicted octanol–water partition coefficient (Wildman–Crippen LogP) is 14.9. The van der Waals surface area contributed by atoms with Gasteiger partial charge in [0, 0.05) is 12.8 Å². The van der Waals surface area contributed by atoms with Gasteiger partial charge in [-0.05, 0) is 57.8 Å². The normalized spacial score (nSPS) is 13.0. The highest BCUT2D eigenvalue weighted by Gasteiger charge is 2.18. The summed E-state index contributed by atoms with van der Waals surface area (Å²) in [5.74, 6) is -0.0876. The zero-order chi connectivity index (χ0) is 42.3. The third-order valence-corrected chi connectivity index (χ3v) is 11.4. The molecule has 0 aliphatic heterocycles. The largest absolute Gasteiger partial charge is 0.466 e. The van der Waals surface area contributed by atoms with Crippen LogP contribution < -0.4 is 5.32 Å². The van der Waals surface area contributed by atoms with E-state index >= 15 is 0 Å². The smallest absolute Gasteiger partial charge is 0.305 e. The summed E-state index contributed by atoms with van der Waals surface area (Å²) < 4.78 is 5.45. The van der Waals surface area contributed by atoms with E-state index in [4.69, 9.17) is 4.74 Å². The molecule has 0 aromatic heterocycles. The molecule has 0 aromatic carbocycles. The maximum Gasteiger partial charge on any atom is 0.305 e. The summed E-state index contributed by atoms with van der Waals surface area (Å²) in [4.78, 5) is 24.4. The summed E-state index contributed by atoms with van der Waals surface area (Å²) >= 11 is 0. The SMILES string of the molecule is CCCC/C=C\C/C=C\CCCCCCCC(=O)OCCCCCCCCCCCCCCCCCCCC(=O)NC(CO)C(O)/C=C/CCCCCCCCCC. The Bertz CT molecular complexity index is 946. The summed E-state index contributed by atoms with van der Waals surface area (Å²) in [7, 11) is 0. The van der Waals surface area contributed by atoms with Crippen molar-refractivity contribution in [3.8, 4) is 0 Å². The van der Waals surface area contributed by atoms with E-state index in [0.717, 1.165) is 51.4 Å². The van der Waals surface area contributed by atoms with E-state index < -0.39 is 12.1 Å². The Balaban J connectivity index is 3.43. The Kier molecular flexibility index (Phi) is 46.2. The summed E-state index contributed by atoms with van der Waals surface area (Å²) in [6.07, 6.45) is 57.1. The van der Waals surface area contributed by atoms with Crippen molar-refractivity contribution < 1.29 is 24.5 Å². The highest BCUT2D eigenvalue weighted by Crippen LogP contribution is 2.16. The van der Waals surface area contributed by atoms with Crippen LogP contribution in [-0.4, -0.2) is 47.4 Å². The van der Waals surface area contributed by atoms with Gasteiger partial charge in [-0.1, -0.05) is 224 Å². The number of carbonyl (C=O) groups excluding carboxylic acids is 2. The molecule has 6 nitrogen and oxygen atoms in total. The molecule has 0 heterocycles. The van der Waals surface area contributed by atoms with E-state index in [0.29, 0.717) is 19.4 Å². The summed E-state index contributed by atoms with van der Waals surface area (Å²) in [6, 6.07) is -0.630. The Morgan fingerprint density at radius 3 is 1.36 bits per heavy atom. The number of hydrogen-bond donors (Lipinski definition) is 3. The van der Waals surface area contributed by atoms with Crippen LogP contribution in [0.4, 0.5) is 0 Å². The van der Waals surface area contributed by atoms with Gasteiger partial charge in [0.25, 0.3) is 0 Å². The van der Waals surface area contributed by atoms with Gasteiger partial charge in [-0.15, -0.1) is 0 Å². The maximum absolute atomic E-state index is 12.4. The first kappa shape index (κ1) is 56.1. The van der Waals surface area contributed by atoms with Gasteiger partial charge >= 0.3 is 5.97 Å². The molecule has 2 atom stereocenters. The number of carbonyl (C=O) groups is 2.